The number of amides is 1. The van der Waals surface area contributed by atoms with Crippen molar-refractivity contribution in [1.82, 2.24) is 5.32 Å². The molecule has 0 spiro atoms. The number of benzene rings is 3. The minimum absolute atomic E-state index is 0.0314. The molecule has 1 N–H and O–H groups in total. The molecule has 0 atom stereocenters. The first-order valence-corrected chi connectivity index (χ1v) is 9.04. The Kier molecular flexibility index (Phi) is 6.74. The standard InChI is InChI=1S/C24H21NO3/c26-23(21-13-5-2-6-14-21)22-16-8-7-12-20(22)15-9-17-25-24(27)28-18-19-10-3-1-4-11-19/h1-16H,17-18H2,(H,25,27). The predicted molar refractivity (Wildman–Crippen MR) is 110 cm³/mol. The summed E-state index contributed by atoms with van der Waals surface area (Å²) in [4.78, 5) is 24.5. The highest BCUT2D eigenvalue weighted by Gasteiger charge is 2.11. The Morgan fingerprint density at radius 1 is 0.821 bits per heavy atom. The van der Waals surface area contributed by atoms with Crippen LogP contribution in [0.15, 0.2) is 91.0 Å². The van der Waals surface area contributed by atoms with Crippen LogP contribution in [0.4, 0.5) is 4.79 Å². The van der Waals surface area contributed by atoms with Gasteiger partial charge in [-0.1, -0.05) is 97.1 Å². The summed E-state index contributed by atoms with van der Waals surface area (Å²) in [6.45, 7) is 0.534. The van der Waals surface area contributed by atoms with E-state index >= 15 is 0 Å². The molecule has 0 aliphatic heterocycles. The lowest BCUT2D eigenvalue weighted by Crippen LogP contribution is -2.24. The van der Waals surface area contributed by atoms with Crippen molar-refractivity contribution in [2.45, 2.75) is 6.61 Å². The minimum Gasteiger partial charge on any atom is -0.445 e. The van der Waals surface area contributed by atoms with Crippen molar-refractivity contribution in [3.05, 3.63) is 113 Å². The van der Waals surface area contributed by atoms with Crippen LogP contribution in [-0.4, -0.2) is 18.4 Å². The number of rotatable bonds is 7. The van der Waals surface area contributed by atoms with Gasteiger partial charge in [0.2, 0.25) is 0 Å². The quantitative estimate of drug-likeness (QED) is 0.604. The third-order valence-electron chi connectivity index (χ3n) is 4.12. The summed E-state index contributed by atoms with van der Waals surface area (Å²) in [5, 5.41) is 2.67. The fourth-order valence-electron chi connectivity index (χ4n) is 2.70. The Bertz CT molecular complexity index is 950. The number of carbonyl (C=O) groups is 2. The van der Waals surface area contributed by atoms with Gasteiger partial charge in [0, 0.05) is 17.7 Å². The maximum atomic E-state index is 12.7. The molecule has 0 saturated heterocycles. The molecule has 3 aromatic rings. The van der Waals surface area contributed by atoms with Gasteiger partial charge in [-0.25, -0.2) is 4.79 Å². The van der Waals surface area contributed by atoms with Gasteiger partial charge in [0.05, 0.1) is 0 Å². The Balaban J connectivity index is 1.55. The number of ketones is 1. The van der Waals surface area contributed by atoms with Gasteiger partial charge < -0.3 is 10.1 Å². The van der Waals surface area contributed by atoms with Gasteiger partial charge in [-0.2, -0.15) is 0 Å². The van der Waals surface area contributed by atoms with Gasteiger partial charge in [0.25, 0.3) is 0 Å². The fourth-order valence-corrected chi connectivity index (χ4v) is 2.70. The van der Waals surface area contributed by atoms with Crippen LogP contribution in [0.5, 0.6) is 0 Å². The monoisotopic (exact) mass is 371 g/mol. The lowest BCUT2D eigenvalue weighted by Gasteiger charge is -2.06. The van der Waals surface area contributed by atoms with Crippen LogP contribution in [0.2, 0.25) is 0 Å². The highest BCUT2D eigenvalue weighted by atomic mass is 16.5. The van der Waals surface area contributed by atoms with E-state index in [1.165, 1.54) is 0 Å². The molecular formula is C24H21NO3. The summed E-state index contributed by atoms with van der Waals surface area (Å²) in [5.41, 5.74) is 3.00. The molecule has 28 heavy (non-hydrogen) atoms. The van der Waals surface area contributed by atoms with E-state index in [9.17, 15) is 9.59 Å². The lowest BCUT2D eigenvalue weighted by atomic mass is 9.98. The van der Waals surface area contributed by atoms with Gasteiger partial charge >= 0.3 is 6.09 Å². The van der Waals surface area contributed by atoms with E-state index in [4.69, 9.17) is 4.74 Å². The van der Waals surface area contributed by atoms with Gasteiger partial charge in [0.15, 0.2) is 5.78 Å². The molecule has 4 heteroatoms. The molecule has 0 bridgehead atoms. The van der Waals surface area contributed by atoms with Crippen LogP contribution in [0.25, 0.3) is 6.08 Å². The fraction of sp³-hybridized carbons (Fsp3) is 0.0833. The van der Waals surface area contributed by atoms with Crippen LogP contribution in [0.1, 0.15) is 27.0 Å². The summed E-state index contributed by atoms with van der Waals surface area (Å²) in [6, 6.07) is 26.1. The van der Waals surface area contributed by atoms with E-state index in [-0.39, 0.29) is 12.4 Å². The molecule has 0 saturated carbocycles. The summed E-state index contributed by atoms with van der Waals surface area (Å²) in [6.07, 6.45) is 3.14. The molecule has 3 aromatic carbocycles. The molecule has 0 heterocycles. The lowest BCUT2D eigenvalue weighted by molar-refractivity contribution is 0.103. The molecule has 1 amide bonds. The highest BCUT2D eigenvalue weighted by Crippen LogP contribution is 2.16. The molecule has 140 valence electrons. The van der Waals surface area contributed by atoms with Crippen molar-refractivity contribution in [2.24, 2.45) is 0 Å². The van der Waals surface area contributed by atoms with Crippen molar-refractivity contribution < 1.29 is 14.3 Å². The second-order valence-corrected chi connectivity index (χ2v) is 6.13. The van der Waals surface area contributed by atoms with Crippen LogP contribution in [0.3, 0.4) is 0 Å². The molecule has 3 rings (SSSR count). The predicted octanol–water partition coefficient (Wildman–Crippen LogP) is 4.86. The summed E-state index contributed by atoms with van der Waals surface area (Å²) < 4.78 is 5.16. The van der Waals surface area contributed by atoms with E-state index in [1.54, 1.807) is 24.3 Å². The van der Waals surface area contributed by atoms with Crippen molar-refractivity contribution in [3.8, 4) is 0 Å². The number of hydrogen-bond acceptors (Lipinski definition) is 3. The first-order chi connectivity index (χ1) is 13.7. The van der Waals surface area contributed by atoms with Crippen molar-refractivity contribution in [3.63, 3.8) is 0 Å². The van der Waals surface area contributed by atoms with Gasteiger partial charge in [-0.05, 0) is 11.1 Å². The van der Waals surface area contributed by atoms with E-state index in [0.717, 1.165) is 11.1 Å². The van der Waals surface area contributed by atoms with Crippen LogP contribution >= 0.6 is 0 Å². The van der Waals surface area contributed by atoms with Gasteiger partial charge in [-0.3, -0.25) is 4.79 Å². The molecule has 0 aliphatic rings. The summed E-state index contributed by atoms with van der Waals surface area (Å²) in [5.74, 6) is -0.0314. The zero-order valence-electron chi connectivity index (χ0n) is 15.4. The maximum Gasteiger partial charge on any atom is 0.407 e. The second kappa shape index (κ2) is 9.88. The normalized spacial score (nSPS) is 10.6. The SMILES string of the molecule is O=C(NCC=Cc1ccccc1C(=O)c1ccccc1)OCc1ccccc1. The number of nitrogens with one attached hydrogen (secondary N) is 1. The molecular weight excluding hydrogens is 350 g/mol. The molecule has 4 nitrogen and oxygen atoms in total. The van der Waals surface area contributed by atoms with Gasteiger partial charge in [0.1, 0.15) is 6.61 Å². The number of hydrogen-bond donors (Lipinski definition) is 1. The largest absolute Gasteiger partial charge is 0.445 e. The number of alkyl carbamates (subject to hydrolysis) is 1. The van der Waals surface area contributed by atoms with E-state index < -0.39 is 6.09 Å². The molecule has 0 fully saturated rings. The topological polar surface area (TPSA) is 55.4 Å². The third-order valence-corrected chi connectivity index (χ3v) is 4.12. The molecule has 0 unspecified atom stereocenters. The summed E-state index contributed by atoms with van der Waals surface area (Å²) in [7, 11) is 0. The van der Waals surface area contributed by atoms with Gasteiger partial charge in [-0.15, -0.1) is 0 Å². The Hall–Kier alpha value is -3.66. The smallest absolute Gasteiger partial charge is 0.407 e. The van der Waals surface area contributed by atoms with Crippen LogP contribution < -0.4 is 5.32 Å². The number of carbonyl (C=O) groups excluding carboxylic acids is 2. The van der Waals surface area contributed by atoms with Crippen molar-refractivity contribution in [2.75, 3.05) is 6.54 Å². The third kappa shape index (κ3) is 5.42. The first kappa shape index (κ1) is 19.1. The van der Waals surface area contributed by atoms with Crippen molar-refractivity contribution in [1.29, 1.82) is 0 Å². The van der Waals surface area contributed by atoms with Crippen molar-refractivity contribution >= 4 is 18.0 Å². The average Bonchev–Trinajstić information content (AvgIpc) is 2.76. The highest BCUT2D eigenvalue weighted by molar-refractivity contribution is 6.11. The van der Waals surface area contributed by atoms with Crippen LogP contribution in [0, 0.1) is 0 Å². The maximum absolute atomic E-state index is 12.7. The first-order valence-electron chi connectivity index (χ1n) is 9.04. The Morgan fingerprint density at radius 2 is 1.46 bits per heavy atom. The van der Waals surface area contributed by atoms with E-state index in [2.05, 4.69) is 5.32 Å². The van der Waals surface area contributed by atoms with Crippen LogP contribution in [-0.2, 0) is 11.3 Å². The average molecular weight is 371 g/mol. The minimum atomic E-state index is -0.484. The molecule has 0 radical (unpaired) electrons. The second-order valence-electron chi connectivity index (χ2n) is 6.13. The Labute approximate surface area is 164 Å². The van der Waals surface area contributed by atoms with E-state index in [0.29, 0.717) is 17.7 Å². The summed E-state index contributed by atoms with van der Waals surface area (Å²) >= 11 is 0. The Morgan fingerprint density at radius 3 is 2.21 bits per heavy atom. The zero-order chi connectivity index (χ0) is 19.6. The number of ether oxygens (including phenoxy) is 1. The molecule has 0 aliphatic carbocycles. The molecule has 0 aromatic heterocycles. The van der Waals surface area contributed by atoms with E-state index in [1.807, 2.05) is 72.8 Å². The zero-order valence-corrected chi connectivity index (χ0v) is 15.4.